The maximum absolute atomic E-state index is 12.2. The van der Waals surface area contributed by atoms with Crippen LogP contribution in [0.2, 0.25) is 0 Å². The summed E-state index contributed by atoms with van der Waals surface area (Å²) in [4.78, 5) is 29.4. The number of carbonyl (C=O) groups excluding carboxylic acids is 2. The summed E-state index contributed by atoms with van der Waals surface area (Å²) in [5.41, 5.74) is 0.954. The first kappa shape index (κ1) is 11.1. The third-order valence-electron chi connectivity index (χ3n) is 2.91. The predicted molar refractivity (Wildman–Crippen MR) is 66.5 cm³/mol. The Bertz CT molecular complexity index is 711. The summed E-state index contributed by atoms with van der Waals surface area (Å²) in [5.74, 6) is -0.945. The Morgan fingerprint density at radius 3 is 2.58 bits per heavy atom. The van der Waals surface area contributed by atoms with Crippen molar-refractivity contribution in [1.29, 1.82) is 5.26 Å². The lowest BCUT2D eigenvalue weighted by Crippen LogP contribution is -2.30. The van der Waals surface area contributed by atoms with E-state index in [0.29, 0.717) is 0 Å². The molecule has 0 atom stereocenters. The normalized spacial score (nSPS) is 13.3. The molecule has 5 nitrogen and oxygen atoms in total. The Balaban J connectivity index is 2.18. The number of imide groups is 1. The first-order valence-electron chi connectivity index (χ1n) is 5.57. The molecule has 0 spiro atoms. The highest BCUT2D eigenvalue weighted by Crippen LogP contribution is 2.29. The fourth-order valence-electron chi connectivity index (χ4n) is 2.05. The number of anilines is 1. The smallest absolute Gasteiger partial charge is 0.268 e. The number of para-hydroxylation sites is 1. The van der Waals surface area contributed by atoms with Gasteiger partial charge in [-0.1, -0.05) is 12.1 Å². The summed E-state index contributed by atoms with van der Waals surface area (Å²) in [6.45, 7) is 0. The summed E-state index contributed by atoms with van der Waals surface area (Å²) in [6.07, 6.45) is 1.46. The van der Waals surface area contributed by atoms with Crippen LogP contribution in [0.5, 0.6) is 0 Å². The third kappa shape index (κ3) is 1.51. The van der Waals surface area contributed by atoms with Gasteiger partial charge in [0.25, 0.3) is 11.8 Å². The molecule has 1 aliphatic rings. The number of hydrogen-bond acceptors (Lipinski definition) is 4. The van der Waals surface area contributed by atoms with E-state index in [-0.39, 0.29) is 22.5 Å². The van der Waals surface area contributed by atoms with E-state index in [2.05, 4.69) is 4.98 Å². The minimum atomic E-state index is -0.497. The molecule has 1 aliphatic heterocycles. The van der Waals surface area contributed by atoms with Gasteiger partial charge in [-0.25, -0.2) is 4.90 Å². The lowest BCUT2D eigenvalue weighted by Gasteiger charge is -2.14. The SMILES string of the molecule is N#Cc1ccccc1N1C(=O)c2cccnc2C1=O. The van der Waals surface area contributed by atoms with Crippen molar-refractivity contribution in [3.63, 3.8) is 0 Å². The topological polar surface area (TPSA) is 74.1 Å². The van der Waals surface area contributed by atoms with Crippen molar-refractivity contribution in [2.24, 2.45) is 0 Å². The molecule has 0 fully saturated rings. The van der Waals surface area contributed by atoms with E-state index >= 15 is 0 Å². The van der Waals surface area contributed by atoms with Crippen LogP contribution in [0.1, 0.15) is 26.4 Å². The van der Waals surface area contributed by atoms with Crippen LogP contribution in [0.15, 0.2) is 42.6 Å². The molecule has 90 valence electrons. The monoisotopic (exact) mass is 249 g/mol. The van der Waals surface area contributed by atoms with E-state index in [0.717, 1.165) is 4.90 Å². The maximum atomic E-state index is 12.2. The van der Waals surface area contributed by atoms with Gasteiger partial charge in [-0.2, -0.15) is 5.26 Å². The van der Waals surface area contributed by atoms with Crippen molar-refractivity contribution in [3.05, 3.63) is 59.4 Å². The zero-order chi connectivity index (χ0) is 13.4. The molecule has 0 aliphatic carbocycles. The van der Waals surface area contributed by atoms with Gasteiger partial charge in [-0.3, -0.25) is 14.6 Å². The zero-order valence-electron chi connectivity index (χ0n) is 9.70. The number of benzene rings is 1. The zero-order valence-corrected chi connectivity index (χ0v) is 9.70. The van der Waals surface area contributed by atoms with E-state index in [9.17, 15) is 9.59 Å². The molecule has 3 rings (SSSR count). The van der Waals surface area contributed by atoms with Crippen molar-refractivity contribution < 1.29 is 9.59 Å². The average Bonchev–Trinajstić information content (AvgIpc) is 2.71. The molecule has 0 saturated carbocycles. The molecule has 0 radical (unpaired) electrons. The van der Waals surface area contributed by atoms with Crippen LogP contribution in [0.25, 0.3) is 0 Å². The van der Waals surface area contributed by atoms with Gasteiger partial charge in [0.1, 0.15) is 11.8 Å². The Hall–Kier alpha value is -3.00. The van der Waals surface area contributed by atoms with Crippen LogP contribution in [0.3, 0.4) is 0 Å². The summed E-state index contributed by atoms with van der Waals surface area (Å²) in [7, 11) is 0. The van der Waals surface area contributed by atoms with Crippen LogP contribution >= 0.6 is 0 Å². The average molecular weight is 249 g/mol. The van der Waals surface area contributed by atoms with Gasteiger partial charge in [-0.15, -0.1) is 0 Å². The van der Waals surface area contributed by atoms with Gasteiger partial charge in [0.05, 0.1) is 16.8 Å². The van der Waals surface area contributed by atoms with Crippen molar-refractivity contribution in [2.45, 2.75) is 0 Å². The Morgan fingerprint density at radius 1 is 1.05 bits per heavy atom. The molecular weight excluding hydrogens is 242 g/mol. The van der Waals surface area contributed by atoms with Crippen LogP contribution in [0.4, 0.5) is 5.69 Å². The quantitative estimate of drug-likeness (QED) is 0.721. The second kappa shape index (κ2) is 4.03. The van der Waals surface area contributed by atoms with Gasteiger partial charge in [0, 0.05) is 6.20 Å². The van der Waals surface area contributed by atoms with Gasteiger partial charge in [0.15, 0.2) is 0 Å². The number of rotatable bonds is 1. The minimum Gasteiger partial charge on any atom is -0.268 e. The van der Waals surface area contributed by atoms with Crippen LogP contribution < -0.4 is 4.90 Å². The highest BCUT2D eigenvalue weighted by Gasteiger charge is 2.38. The molecule has 1 aromatic carbocycles. The molecule has 0 saturated heterocycles. The molecule has 1 aromatic heterocycles. The van der Waals surface area contributed by atoms with Crippen LogP contribution in [-0.4, -0.2) is 16.8 Å². The first-order chi connectivity index (χ1) is 9.24. The second-order valence-electron chi connectivity index (χ2n) is 3.97. The standard InChI is InChI=1S/C14H7N3O2/c15-8-9-4-1-2-6-11(9)17-13(18)10-5-3-7-16-12(10)14(17)19/h1-7H. The van der Waals surface area contributed by atoms with Crippen molar-refractivity contribution >= 4 is 17.5 Å². The van der Waals surface area contributed by atoms with E-state index in [1.54, 1.807) is 36.4 Å². The van der Waals surface area contributed by atoms with Crippen molar-refractivity contribution in [1.82, 2.24) is 4.98 Å². The summed E-state index contributed by atoms with van der Waals surface area (Å²) < 4.78 is 0. The minimum absolute atomic E-state index is 0.125. The van der Waals surface area contributed by atoms with Crippen LogP contribution in [0, 0.1) is 11.3 Å². The van der Waals surface area contributed by atoms with E-state index in [1.165, 1.54) is 6.20 Å². The predicted octanol–water partition coefficient (Wildman–Crippen LogP) is 1.75. The number of amides is 2. The summed E-state index contributed by atoms with van der Waals surface area (Å²) >= 11 is 0. The number of fused-ring (bicyclic) bond motifs is 1. The van der Waals surface area contributed by atoms with Crippen LogP contribution in [-0.2, 0) is 0 Å². The Labute approximate surface area is 108 Å². The second-order valence-corrected chi connectivity index (χ2v) is 3.97. The van der Waals surface area contributed by atoms with Gasteiger partial charge >= 0.3 is 0 Å². The maximum Gasteiger partial charge on any atom is 0.284 e. The Morgan fingerprint density at radius 2 is 1.84 bits per heavy atom. The van der Waals surface area contributed by atoms with E-state index < -0.39 is 11.8 Å². The molecule has 2 heterocycles. The molecule has 0 unspecified atom stereocenters. The molecule has 2 amide bonds. The van der Waals surface area contributed by atoms with E-state index in [1.807, 2.05) is 6.07 Å². The van der Waals surface area contributed by atoms with Gasteiger partial charge in [-0.05, 0) is 24.3 Å². The molecule has 0 bridgehead atoms. The lowest BCUT2D eigenvalue weighted by molar-refractivity contribution is 0.0924. The fraction of sp³-hybridized carbons (Fsp3) is 0. The largest absolute Gasteiger partial charge is 0.284 e. The number of pyridine rings is 1. The number of hydrogen-bond donors (Lipinski definition) is 0. The highest BCUT2D eigenvalue weighted by molar-refractivity contribution is 6.34. The number of carbonyl (C=O) groups is 2. The Kier molecular flexibility index (Phi) is 2.36. The van der Waals surface area contributed by atoms with Crippen molar-refractivity contribution in [2.75, 3.05) is 4.90 Å². The molecule has 2 aromatic rings. The number of nitriles is 1. The molecule has 19 heavy (non-hydrogen) atoms. The van der Waals surface area contributed by atoms with Gasteiger partial charge in [0.2, 0.25) is 0 Å². The first-order valence-corrected chi connectivity index (χ1v) is 5.57. The fourth-order valence-corrected chi connectivity index (χ4v) is 2.05. The molecule has 5 heteroatoms. The number of nitrogens with zero attached hydrogens (tertiary/aromatic N) is 3. The third-order valence-corrected chi connectivity index (χ3v) is 2.91. The highest BCUT2D eigenvalue weighted by atomic mass is 16.2. The molecule has 0 N–H and O–H groups in total. The summed E-state index contributed by atoms with van der Waals surface area (Å²) in [5, 5.41) is 9.05. The number of aromatic nitrogens is 1. The van der Waals surface area contributed by atoms with Crippen molar-refractivity contribution in [3.8, 4) is 6.07 Å². The van der Waals surface area contributed by atoms with E-state index in [4.69, 9.17) is 5.26 Å². The summed E-state index contributed by atoms with van der Waals surface area (Å²) in [6, 6.07) is 11.6. The van der Waals surface area contributed by atoms with Gasteiger partial charge < -0.3 is 0 Å². The lowest BCUT2D eigenvalue weighted by atomic mass is 10.2. The molecular formula is C14H7N3O2.